The van der Waals surface area contributed by atoms with Crippen LogP contribution in [-0.4, -0.2) is 30.5 Å². The predicted molar refractivity (Wildman–Crippen MR) is 84.1 cm³/mol. The zero-order chi connectivity index (χ0) is 15.4. The molecule has 0 aromatic heterocycles. The molecule has 2 atom stereocenters. The fraction of sp³-hybridized carbons (Fsp3) is 0.588. The van der Waals surface area contributed by atoms with Crippen LogP contribution in [-0.2, 0) is 4.79 Å². The number of hydrogen-bond acceptors (Lipinski definition) is 3. The molecule has 1 aliphatic heterocycles. The van der Waals surface area contributed by atoms with Gasteiger partial charge in [0, 0.05) is 12.1 Å². The summed E-state index contributed by atoms with van der Waals surface area (Å²) in [4.78, 5) is 14.5. The third kappa shape index (κ3) is 3.38. The number of hydrogen-bond donors (Lipinski definition) is 1. The number of ether oxygens (including phenoxy) is 1. The van der Waals surface area contributed by atoms with Crippen LogP contribution in [0.4, 0.5) is 0 Å². The second-order valence-electron chi connectivity index (χ2n) is 5.99. The van der Waals surface area contributed by atoms with Crippen molar-refractivity contribution in [1.82, 2.24) is 10.2 Å². The standard InChI is InChI=1S/C17H26N2O2/c1-5-14-17(20)19(11-10-12(2)3)16(18-14)13-8-6-7-9-15(13)21-4/h6-9,12,14,16,18H,5,10-11H2,1-4H3. The summed E-state index contributed by atoms with van der Waals surface area (Å²) in [6.07, 6.45) is 1.73. The van der Waals surface area contributed by atoms with Crippen LogP contribution in [0, 0.1) is 5.92 Å². The largest absolute Gasteiger partial charge is 0.496 e. The lowest BCUT2D eigenvalue weighted by atomic mass is 10.1. The molecule has 2 rings (SSSR count). The van der Waals surface area contributed by atoms with E-state index in [2.05, 4.69) is 19.2 Å². The lowest BCUT2D eigenvalue weighted by molar-refractivity contribution is -0.130. The molecule has 1 aromatic rings. The zero-order valence-electron chi connectivity index (χ0n) is 13.4. The first-order valence-corrected chi connectivity index (χ1v) is 7.77. The van der Waals surface area contributed by atoms with Gasteiger partial charge in [-0.1, -0.05) is 39.0 Å². The van der Waals surface area contributed by atoms with E-state index in [1.54, 1.807) is 7.11 Å². The molecule has 1 aromatic carbocycles. The van der Waals surface area contributed by atoms with Gasteiger partial charge in [0.2, 0.25) is 5.91 Å². The molecule has 1 fully saturated rings. The molecule has 1 saturated heterocycles. The highest BCUT2D eigenvalue weighted by molar-refractivity contribution is 5.84. The van der Waals surface area contributed by atoms with Crippen LogP contribution in [0.5, 0.6) is 5.75 Å². The maximum atomic E-state index is 12.6. The Morgan fingerprint density at radius 3 is 2.67 bits per heavy atom. The summed E-state index contributed by atoms with van der Waals surface area (Å²) >= 11 is 0. The second kappa shape index (κ2) is 6.94. The highest BCUT2D eigenvalue weighted by Gasteiger charge is 2.39. The Morgan fingerprint density at radius 2 is 2.05 bits per heavy atom. The van der Waals surface area contributed by atoms with E-state index in [0.717, 1.165) is 30.7 Å². The molecule has 1 heterocycles. The highest BCUT2D eigenvalue weighted by Crippen LogP contribution is 2.32. The molecule has 116 valence electrons. The molecule has 4 nitrogen and oxygen atoms in total. The van der Waals surface area contributed by atoms with Crippen molar-refractivity contribution in [3.05, 3.63) is 29.8 Å². The van der Waals surface area contributed by atoms with Crippen LogP contribution in [0.3, 0.4) is 0 Å². The van der Waals surface area contributed by atoms with Crippen molar-refractivity contribution in [2.75, 3.05) is 13.7 Å². The van der Waals surface area contributed by atoms with Gasteiger partial charge in [-0.15, -0.1) is 0 Å². The molecule has 21 heavy (non-hydrogen) atoms. The average molecular weight is 290 g/mol. The van der Waals surface area contributed by atoms with Gasteiger partial charge in [-0.25, -0.2) is 0 Å². The minimum atomic E-state index is -0.0907. The number of rotatable bonds is 6. The summed E-state index contributed by atoms with van der Waals surface area (Å²) < 4.78 is 5.46. The zero-order valence-corrected chi connectivity index (χ0v) is 13.4. The van der Waals surface area contributed by atoms with Crippen LogP contribution in [0.25, 0.3) is 0 Å². The number of para-hydroxylation sites is 1. The van der Waals surface area contributed by atoms with Gasteiger partial charge in [-0.3, -0.25) is 10.1 Å². The fourth-order valence-corrected chi connectivity index (χ4v) is 2.76. The number of carbonyl (C=O) groups excluding carboxylic acids is 1. The Kier molecular flexibility index (Phi) is 5.23. The predicted octanol–water partition coefficient (Wildman–Crippen LogP) is 2.95. The van der Waals surface area contributed by atoms with Crippen LogP contribution in [0.1, 0.15) is 45.3 Å². The second-order valence-corrected chi connectivity index (χ2v) is 5.99. The van der Waals surface area contributed by atoms with E-state index in [1.165, 1.54) is 0 Å². The van der Waals surface area contributed by atoms with Crippen molar-refractivity contribution < 1.29 is 9.53 Å². The van der Waals surface area contributed by atoms with Crippen molar-refractivity contribution in [3.63, 3.8) is 0 Å². The third-order valence-corrected chi connectivity index (χ3v) is 4.04. The Balaban J connectivity index is 2.27. The average Bonchev–Trinajstić information content (AvgIpc) is 2.81. The molecule has 0 aliphatic carbocycles. The third-order valence-electron chi connectivity index (χ3n) is 4.04. The lowest BCUT2D eigenvalue weighted by Gasteiger charge is -2.26. The Labute approximate surface area is 127 Å². The van der Waals surface area contributed by atoms with Crippen molar-refractivity contribution in [1.29, 1.82) is 0 Å². The van der Waals surface area contributed by atoms with Gasteiger partial charge in [0.1, 0.15) is 11.9 Å². The summed E-state index contributed by atoms with van der Waals surface area (Å²) in [6.45, 7) is 7.19. The molecular weight excluding hydrogens is 264 g/mol. The molecular formula is C17H26N2O2. The highest BCUT2D eigenvalue weighted by atomic mass is 16.5. The number of benzene rings is 1. The van der Waals surface area contributed by atoms with E-state index in [4.69, 9.17) is 4.74 Å². The Morgan fingerprint density at radius 1 is 1.33 bits per heavy atom. The SMILES string of the molecule is CCC1NC(c2ccccc2OC)N(CCC(C)C)C1=O. The molecule has 1 N–H and O–H groups in total. The molecule has 0 saturated carbocycles. The molecule has 4 heteroatoms. The molecule has 0 radical (unpaired) electrons. The van der Waals surface area contributed by atoms with Crippen molar-refractivity contribution >= 4 is 5.91 Å². The quantitative estimate of drug-likeness (QED) is 0.876. The van der Waals surface area contributed by atoms with E-state index in [0.29, 0.717) is 5.92 Å². The minimum absolute atomic E-state index is 0.0858. The Bertz CT molecular complexity index is 487. The Hall–Kier alpha value is -1.55. The molecule has 0 bridgehead atoms. The summed E-state index contributed by atoms with van der Waals surface area (Å²) in [7, 11) is 1.67. The number of methoxy groups -OCH3 is 1. The van der Waals surface area contributed by atoms with Gasteiger partial charge in [0.15, 0.2) is 0 Å². The van der Waals surface area contributed by atoms with Gasteiger partial charge >= 0.3 is 0 Å². The van der Waals surface area contributed by atoms with Crippen molar-refractivity contribution in [3.8, 4) is 5.75 Å². The van der Waals surface area contributed by atoms with E-state index < -0.39 is 0 Å². The summed E-state index contributed by atoms with van der Waals surface area (Å²) in [5.41, 5.74) is 1.04. The monoisotopic (exact) mass is 290 g/mol. The number of amides is 1. The smallest absolute Gasteiger partial charge is 0.241 e. The van der Waals surface area contributed by atoms with Crippen LogP contribution >= 0.6 is 0 Å². The topological polar surface area (TPSA) is 41.6 Å². The van der Waals surface area contributed by atoms with Crippen molar-refractivity contribution in [2.45, 2.75) is 45.8 Å². The molecule has 0 spiro atoms. The first-order valence-electron chi connectivity index (χ1n) is 7.77. The summed E-state index contributed by atoms with van der Waals surface area (Å²) in [6, 6.07) is 7.83. The normalized spacial score (nSPS) is 22.1. The van der Waals surface area contributed by atoms with Gasteiger partial charge in [-0.05, 0) is 24.8 Å². The lowest BCUT2D eigenvalue weighted by Crippen LogP contribution is -2.32. The van der Waals surface area contributed by atoms with Crippen LogP contribution in [0.15, 0.2) is 24.3 Å². The van der Waals surface area contributed by atoms with E-state index in [-0.39, 0.29) is 18.1 Å². The van der Waals surface area contributed by atoms with Crippen LogP contribution in [0.2, 0.25) is 0 Å². The summed E-state index contributed by atoms with van der Waals surface area (Å²) in [5, 5.41) is 3.45. The van der Waals surface area contributed by atoms with Gasteiger partial charge < -0.3 is 9.64 Å². The van der Waals surface area contributed by atoms with Gasteiger partial charge in [-0.2, -0.15) is 0 Å². The van der Waals surface area contributed by atoms with E-state index >= 15 is 0 Å². The fourth-order valence-electron chi connectivity index (χ4n) is 2.76. The summed E-state index contributed by atoms with van der Waals surface area (Å²) in [5.74, 6) is 1.61. The van der Waals surface area contributed by atoms with E-state index in [1.807, 2.05) is 36.1 Å². The van der Waals surface area contributed by atoms with Gasteiger partial charge in [0.05, 0.1) is 13.2 Å². The number of nitrogens with zero attached hydrogens (tertiary/aromatic N) is 1. The first-order chi connectivity index (χ1) is 10.1. The number of nitrogens with one attached hydrogen (secondary N) is 1. The maximum Gasteiger partial charge on any atom is 0.241 e. The first kappa shape index (κ1) is 15.8. The van der Waals surface area contributed by atoms with Crippen molar-refractivity contribution in [2.24, 2.45) is 5.92 Å². The van der Waals surface area contributed by atoms with Crippen LogP contribution < -0.4 is 10.1 Å². The van der Waals surface area contributed by atoms with E-state index in [9.17, 15) is 4.79 Å². The minimum Gasteiger partial charge on any atom is -0.496 e. The van der Waals surface area contributed by atoms with Gasteiger partial charge in [0.25, 0.3) is 0 Å². The maximum absolute atomic E-state index is 12.6. The molecule has 2 unspecified atom stereocenters. The molecule has 1 amide bonds. The molecule has 1 aliphatic rings. The number of carbonyl (C=O) groups is 1.